The van der Waals surface area contributed by atoms with Gasteiger partial charge < -0.3 is 9.84 Å². The number of hydrogen-bond donors (Lipinski definition) is 1. The number of halogens is 1. The molecule has 0 unspecified atom stereocenters. The molecule has 0 bridgehead atoms. The van der Waals surface area contributed by atoms with E-state index in [9.17, 15) is 0 Å². The molecule has 0 radical (unpaired) electrons. The normalized spacial score (nSPS) is 12.2. The van der Waals surface area contributed by atoms with Crippen LogP contribution in [0.2, 0.25) is 0 Å². The summed E-state index contributed by atoms with van der Waals surface area (Å²) < 4.78 is 8.60. The van der Waals surface area contributed by atoms with E-state index in [1.165, 1.54) is 0 Å². The molecule has 4 nitrogen and oxygen atoms in total. The highest BCUT2D eigenvalue weighted by molar-refractivity contribution is 14.1. The van der Waals surface area contributed by atoms with Crippen molar-refractivity contribution in [1.82, 2.24) is 9.61 Å². The highest BCUT2D eigenvalue weighted by atomic mass is 127. The van der Waals surface area contributed by atoms with Crippen LogP contribution >= 0.6 is 22.6 Å². The summed E-state index contributed by atoms with van der Waals surface area (Å²) in [6.07, 6.45) is 3.80. The van der Waals surface area contributed by atoms with Crippen LogP contribution < -0.4 is 0 Å². The number of rotatable bonds is 4. The van der Waals surface area contributed by atoms with E-state index in [-0.39, 0.29) is 6.61 Å². The second kappa shape index (κ2) is 4.91. The van der Waals surface area contributed by atoms with Crippen LogP contribution in [0.5, 0.6) is 0 Å². The Morgan fingerprint density at radius 1 is 1.47 bits per heavy atom. The van der Waals surface area contributed by atoms with Crippen LogP contribution in [-0.4, -0.2) is 27.9 Å². The molecule has 2 heterocycles. The molecular weight excluding hydrogens is 331 g/mol. The van der Waals surface area contributed by atoms with Crippen molar-refractivity contribution in [1.29, 1.82) is 0 Å². The van der Waals surface area contributed by atoms with Gasteiger partial charge in [-0.1, -0.05) is 6.07 Å². The van der Waals surface area contributed by atoms with Crippen LogP contribution in [0.1, 0.15) is 19.4 Å². The number of nitrogens with zero attached hydrogens (tertiary/aromatic N) is 2. The molecule has 2 aromatic heterocycles. The number of ether oxygens (including phenoxy) is 1. The minimum atomic E-state index is -0.422. The van der Waals surface area contributed by atoms with E-state index in [0.717, 1.165) is 14.7 Å². The molecule has 0 aliphatic heterocycles. The summed E-state index contributed by atoms with van der Waals surface area (Å²) in [6.45, 7) is 4.34. The Morgan fingerprint density at radius 2 is 2.24 bits per heavy atom. The summed E-state index contributed by atoms with van der Waals surface area (Å²) in [5.74, 6) is 0. The highest BCUT2D eigenvalue weighted by Gasteiger charge is 2.21. The van der Waals surface area contributed by atoms with Gasteiger partial charge in [0.2, 0.25) is 0 Å². The molecule has 17 heavy (non-hydrogen) atoms. The molecule has 0 amide bonds. The number of pyridine rings is 1. The third-order valence-corrected chi connectivity index (χ3v) is 3.55. The Kier molecular flexibility index (Phi) is 3.70. The monoisotopic (exact) mass is 346 g/mol. The van der Waals surface area contributed by atoms with Gasteiger partial charge in [-0.05, 0) is 42.5 Å². The zero-order valence-corrected chi connectivity index (χ0v) is 12.0. The zero-order chi connectivity index (χ0) is 12.5. The molecule has 1 N–H and O–H groups in total. The van der Waals surface area contributed by atoms with E-state index in [0.29, 0.717) is 6.61 Å². The number of fused-ring (bicyclic) bond motifs is 1. The van der Waals surface area contributed by atoms with Crippen LogP contribution in [0.15, 0.2) is 24.5 Å². The molecule has 0 saturated carbocycles. The van der Waals surface area contributed by atoms with Crippen molar-refractivity contribution in [3.05, 3.63) is 33.7 Å². The van der Waals surface area contributed by atoms with Crippen molar-refractivity contribution in [2.45, 2.75) is 19.4 Å². The summed E-state index contributed by atoms with van der Waals surface area (Å²) >= 11 is 2.26. The van der Waals surface area contributed by atoms with Crippen molar-refractivity contribution in [2.24, 2.45) is 0 Å². The minimum absolute atomic E-state index is 0.0331. The summed E-state index contributed by atoms with van der Waals surface area (Å²) in [6, 6.07) is 4.07. The highest BCUT2D eigenvalue weighted by Crippen LogP contribution is 2.25. The fraction of sp³-hybridized carbons (Fsp3) is 0.417. The molecule has 0 saturated heterocycles. The average molecular weight is 346 g/mol. The maximum atomic E-state index is 8.81. The lowest BCUT2D eigenvalue weighted by Gasteiger charge is -2.25. The summed E-state index contributed by atoms with van der Waals surface area (Å²) in [7, 11) is 0. The fourth-order valence-electron chi connectivity index (χ4n) is 1.69. The van der Waals surface area contributed by atoms with Crippen LogP contribution in [0.3, 0.4) is 0 Å². The van der Waals surface area contributed by atoms with Gasteiger partial charge in [-0.15, -0.1) is 0 Å². The van der Waals surface area contributed by atoms with E-state index in [1.807, 2.05) is 42.9 Å². The standard InChI is InChI=1S/C12H15IN2O2/c1-12(2,17-6-5-16)9-3-4-11-10(13)7-14-15(11)8-9/h3-4,7-8,16H,5-6H2,1-2H3. The molecule has 0 spiro atoms. The smallest absolute Gasteiger partial charge is 0.0891 e. The van der Waals surface area contributed by atoms with Gasteiger partial charge in [0.25, 0.3) is 0 Å². The number of aliphatic hydroxyl groups excluding tert-OH is 1. The van der Waals surface area contributed by atoms with Gasteiger partial charge >= 0.3 is 0 Å². The van der Waals surface area contributed by atoms with E-state index in [4.69, 9.17) is 9.84 Å². The van der Waals surface area contributed by atoms with Gasteiger partial charge in [-0.25, -0.2) is 4.52 Å². The molecule has 0 fully saturated rings. The topological polar surface area (TPSA) is 46.8 Å². The lowest BCUT2D eigenvalue weighted by atomic mass is 10.00. The molecular formula is C12H15IN2O2. The van der Waals surface area contributed by atoms with Crippen molar-refractivity contribution >= 4 is 28.1 Å². The molecule has 0 aliphatic rings. The maximum absolute atomic E-state index is 8.81. The molecule has 2 rings (SSSR count). The average Bonchev–Trinajstić information content (AvgIpc) is 2.68. The Labute approximate surface area is 114 Å². The molecule has 5 heteroatoms. The van der Waals surface area contributed by atoms with E-state index >= 15 is 0 Å². The van der Waals surface area contributed by atoms with Crippen LogP contribution in [0.25, 0.3) is 5.52 Å². The van der Waals surface area contributed by atoms with Crippen LogP contribution in [0, 0.1) is 3.57 Å². The Bertz CT molecular complexity index is 522. The molecule has 0 aliphatic carbocycles. The van der Waals surface area contributed by atoms with Crippen molar-refractivity contribution in [2.75, 3.05) is 13.2 Å². The van der Waals surface area contributed by atoms with E-state index in [1.54, 1.807) is 0 Å². The predicted molar refractivity (Wildman–Crippen MR) is 74.0 cm³/mol. The Balaban J connectivity index is 2.35. The van der Waals surface area contributed by atoms with Crippen LogP contribution in [0.4, 0.5) is 0 Å². The number of aliphatic hydroxyl groups is 1. The second-order valence-corrected chi connectivity index (χ2v) is 5.48. The Morgan fingerprint density at radius 3 is 2.94 bits per heavy atom. The van der Waals surface area contributed by atoms with Gasteiger partial charge in [-0.3, -0.25) is 0 Å². The summed E-state index contributed by atoms with van der Waals surface area (Å²) in [4.78, 5) is 0. The minimum Gasteiger partial charge on any atom is -0.394 e. The first kappa shape index (κ1) is 12.8. The van der Waals surface area contributed by atoms with Crippen molar-refractivity contribution in [3.63, 3.8) is 0 Å². The predicted octanol–water partition coefficient (Wildman–Crippen LogP) is 2.18. The first-order valence-corrected chi connectivity index (χ1v) is 6.50. The summed E-state index contributed by atoms with van der Waals surface area (Å²) in [5.41, 5.74) is 1.71. The quantitative estimate of drug-likeness (QED) is 0.864. The van der Waals surface area contributed by atoms with Crippen molar-refractivity contribution in [3.8, 4) is 0 Å². The second-order valence-electron chi connectivity index (χ2n) is 4.32. The van der Waals surface area contributed by atoms with E-state index < -0.39 is 5.60 Å². The SMILES string of the molecule is CC(C)(OCCO)c1ccc2c(I)cnn2c1. The lowest BCUT2D eigenvalue weighted by molar-refractivity contribution is -0.0372. The first-order chi connectivity index (χ1) is 8.04. The molecule has 92 valence electrons. The van der Waals surface area contributed by atoms with Gasteiger partial charge in [-0.2, -0.15) is 5.10 Å². The van der Waals surface area contributed by atoms with Gasteiger partial charge in [0.15, 0.2) is 0 Å². The summed E-state index contributed by atoms with van der Waals surface area (Å²) in [5, 5.41) is 13.1. The van der Waals surface area contributed by atoms with E-state index in [2.05, 4.69) is 27.7 Å². The van der Waals surface area contributed by atoms with Crippen LogP contribution in [-0.2, 0) is 10.3 Å². The number of hydrogen-bond acceptors (Lipinski definition) is 3. The van der Waals surface area contributed by atoms with Gasteiger partial charge in [0, 0.05) is 11.8 Å². The van der Waals surface area contributed by atoms with Gasteiger partial charge in [0.05, 0.1) is 34.1 Å². The zero-order valence-electron chi connectivity index (χ0n) is 9.85. The first-order valence-electron chi connectivity index (χ1n) is 5.43. The largest absolute Gasteiger partial charge is 0.394 e. The number of aromatic nitrogens is 2. The Hall–Kier alpha value is -0.660. The maximum Gasteiger partial charge on any atom is 0.0891 e. The third kappa shape index (κ3) is 2.61. The van der Waals surface area contributed by atoms with Crippen molar-refractivity contribution < 1.29 is 9.84 Å². The molecule has 0 aromatic carbocycles. The third-order valence-electron chi connectivity index (χ3n) is 2.72. The fourth-order valence-corrected chi connectivity index (χ4v) is 2.24. The molecule has 2 aromatic rings. The lowest BCUT2D eigenvalue weighted by Crippen LogP contribution is -2.23. The molecule has 0 atom stereocenters. The van der Waals surface area contributed by atoms with Gasteiger partial charge in [0.1, 0.15) is 0 Å².